The molecule has 0 unspecified atom stereocenters. The summed E-state index contributed by atoms with van der Waals surface area (Å²) in [5.74, 6) is 0.227. The molecule has 3 aromatic heterocycles. The second-order valence-corrected chi connectivity index (χ2v) is 7.29. The van der Waals surface area contributed by atoms with E-state index in [4.69, 9.17) is 0 Å². The number of fused-ring (bicyclic) bond motifs is 1. The van der Waals surface area contributed by atoms with Crippen molar-refractivity contribution in [2.45, 2.75) is 19.3 Å². The third kappa shape index (κ3) is 2.78. The molecule has 1 saturated carbocycles. The highest BCUT2D eigenvalue weighted by Crippen LogP contribution is 2.32. The molecule has 1 fully saturated rings. The van der Waals surface area contributed by atoms with E-state index in [9.17, 15) is 4.79 Å². The zero-order valence-corrected chi connectivity index (χ0v) is 15.6. The minimum Gasteiger partial charge on any atom is -0.388 e. The topological polar surface area (TPSA) is 75.6 Å². The normalized spacial score (nSPS) is 14.2. The first-order valence-corrected chi connectivity index (χ1v) is 9.57. The van der Waals surface area contributed by atoms with Crippen LogP contribution in [-0.4, -0.2) is 32.7 Å². The van der Waals surface area contributed by atoms with Gasteiger partial charge in [-0.3, -0.25) is 4.79 Å². The number of aromatic nitrogens is 4. The molecule has 5 rings (SSSR count). The van der Waals surface area contributed by atoms with E-state index < -0.39 is 0 Å². The molecule has 0 radical (unpaired) electrons. The summed E-state index contributed by atoms with van der Waals surface area (Å²) in [7, 11) is 1.91. The number of H-pyrrole nitrogens is 1. The quantitative estimate of drug-likeness (QED) is 0.551. The van der Waals surface area contributed by atoms with Gasteiger partial charge in [-0.15, -0.1) is 0 Å². The zero-order valence-electron chi connectivity index (χ0n) is 15.6. The van der Waals surface area contributed by atoms with Gasteiger partial charge >= 0.3 is 0 Å². The fraction of sp³-hybridized carbons (Fsp3) is 0.227. The fourth-order valence-electron chi connectivity index (χ4n) is 3.65. The highest BCUT2D eigenvalue weighted by molar-refractivity contribution is 5.96. The number of hydrogen-bond acceptors (Lipinski definition) is 4. The summed E-state index contributed by atoms with van der Waals surface area (Å²) in [6.45, 7) is 0. The van der Waals surface area contributed by atoms with Crippen LogP contribution >= 0.6 is 0 Å². The number of anilines is 1. The van der Waals surface area contributed by atoms with E-state index in [1.807, 2.05) is 37.8 Å². The van der Waals surface area contributed by atoms with E-state index in [0.717, 1.165) is 58.2 Å². The van der Waals surface area contributed by atoms with Crippen molar-refractivity contribution in [3.63, 3.8) is 0 Å². The van der Waals surface area contributed by atoms with Gasteiger partial charge in [0.15, 0.2) is 0 Å². The summed E-state index contributed by atoms with van der Waals surface area (Å²) >= 11 is 0. The maximum atomic E-state index is 12.4. The smallest absolute Gasteiger partial charge is 0.249 e. The highest BCUT2D eigenvalue weighted by atomic mass is 16.2. The molecule has 1 aromatic carbocycles. The van der Waals surface area contributed by atoms with Crippen molar-refractivity contribution < 1.29 is 4.79 Å². The van der Waals surface area contributed by atoms with Crippen LogP contribution in [0.15, 0.2) is 55.1 Å². The monoisotopic (exact) mass is 371 g/mol. The minimum atomic E-state index is 0.0979. The largest absolute Gasteiger partial charge is 0.388 e. The van der Waals surface area contributed by atoms with Gasteiger partial charge in [0.25, 0.3) is 0 Å². The average molecular weight is 371 g/mol. The Morgan fingerprint density at radius 1 is 1.14 bits per heavy atom. The van der Waals surface area contributed by atoms with Gasteiger partial charge in [0, 0.05) is 59.3 Å². The molecular weight excluding hydrogens is 350 g/mol. The Morgan fingerprint density at radius 2 is 1.96 bits per heavy atom. The van der Waals surface area contributed by atoms with Crippen LogP contribution in [0.4, 0.5) is 5.69 Å². The van der Waals surface area contributed by atoms with Gasteiger partial charge in [-0.05, 0) is 36.6 Å². The molecule has 0 amide bonds. The van der Waals surface area contributed by atoms with Crippen LogP contribution in [0.3, 0.4) is 0 Å². The maximum Gasteiger partial charge on any atom is 0.249 e. The number of carbonyl (C=O) groups excluding carboxylic acids is 1. The first kappa shape index (κ1) is 16.7. The van der Waals surface area contributed by atoms with Crippen LogP contribution in [0.25, 0.3) is 33.3 Å². The van der Waals surface area contributed by atoms with Crippen molar-refractivity contribution in [2.75, 3.05) is 12.4 Å². The Balaban J connectivity index is 1.51. The van der Waals surface area contributed by atoms with E-state index in [2.05, 4.69) is 38.6 Å². The summed E-state index contributed by atoms with van der Waals surface area (Å²) in [5.41, 5.74) is 5.98. The van der Waals surface area contributed by atoms with Crippen molar-refractivity contribution in [1.82, 2.24) is 19.7 Å². The molecule has 0 atom stereocenters. The molecule has 28 heavy (non-hydrogen) atoms. The van der Waals surface area contributed by atoms with E-state index in [-0.39, 0.29) is 11.8 Å². The summed E-state index contributed by atoms with van der Waals surface area (Å²) in [4.78, 5) is 20.2. The number of nitrogens with zero attached hydrogens (tertiary/aromatic N) is 3. The van der Waals surface area contributed by atoms with Crippen LogP contribution in [0.5, 0.6) is 0 Å². The van der Waals surface area contributed by atoms with Crippen LogP contribution < -0.4 is 5.32 Å². The summed E-state index contributed by atoms with van der Waals surface area (Å²) in [5, 5.41) is 8.46. The standard InChI is InChI=1S/C22H21N5O/c1-23-18-7-5-14(6-8-18)16-9-19-20(12-25-21(19)24-10-16)17-11-26-27(13-17)22(28)15-3-2-4-15/h5-13,15,23H,2-4H2,1H3,(H,24,25). The van der Waals surface area contributed by atoms with Crippen LogP contribution in [0.2, 0.25) is 0 Å². The Kier molecular flexibility index (Phi) is 3.97. The van der Waals surface area contributed by atoms with Crippen molar-refractivity contribution in [2.24, 2.45) is 5.92 Å². The summed E-state index contributed by atoms with van der Waals surface area (Å²) < 4.78 is 1.49. The van der Waals surface area contributed by atoms with Gasteiger partial charge in [-0.25, -0.2) is 9.67 Å². The zero-order chi connectivity index (χ0) is 19.1. The second-order valence-electron chi connectivity index (χ2n) is 7.29. The molecule has 1 aliphatic rings. The molecule has 0 bridgehead atoms. The lowest BCUT2D eigenvalue weighted by molar-refractivity contribution is 0.0747. The first-order valence-electron chi connectivity index (χ1n) is 9.57. The van der Waals surface area contributed by atoms with Crippen molar-refractivity contribution >= 4 is 22.6 Å². The number of carbonyl (C=O) groups is 1. The third-order valence-electron chi connectivity index (χ3n) is 5.61. The molecule has 3 heterocycles. The van der Waals surface area contributed by atoms with Crippen LogP contribution in [0, 0.1) is 5.92 Å². The van der Waals surface area contributed by atoms with E-state index in [1.54, 1.807) is 6.20 Å². The lowest BCUT2D eigenvalue weighted by atomic mass is 9.85. The predicted octanol–water partition coefficient (Wildman–Crippen LogP) is 4.58. The van der Waals surface area contributed by atoms with Crippen LogP contribution in [0.1, 0.15) is 24.1 Å². The SMILES string of the molecule is CNc1ccc(-c2cnc3[nH]cc(-c4cnn(C(=O)C5CCC5)c4)c3c2)cc1. The average Bonchev–Trinajstić information content (AvgIpc) is 3.33. The number of benzene rings is 1. The molecule has 4 aromatic rings. The molecule has 6 heteroatoms. The van der Waals surface area contributed by atoms with Gasteiger partial charge in [-0.1, -0.05) is 18.6 Å². The Labute approximate surface area is 162 Å². The van der Waals surface area contributed by atoms with Crippen molar-refractivity contribution in [3.05, 3.63) is 55.1 Å². The molecule has 0 spiro atoms. The Morgan fingerprint density at radius 3 is 2.68 bits per heavy atom. The molecule has 2 N–H and O–H groups in total. The van der Waals surface area contributed by atoms with Crippen LogP contribution in [-0.2, 0) is 0 Å². The van der Waals surface area contributed by atoms with Gasteiger partial charge < -0.3 is 10.3 Å². The third-order valence-corrected chi connectivity index (χ3v) is 5.61. The van der Waals surface area contributed by atoms with Crippen molar-refractivity contribution in [3.8, 4) is 22.3 Å². The number of hydrogen-bond donors (Lipinski definition) is 2. The van der Waals surface area contributed by atoms with Gasteiger partial charge in [0.05, 0.1) is 6.20 Å². The summed E-state index contributed by atoms with van der Waals surface area (Å²) in [6.07, 6.45) is 10.5. The number of nitrogens with one attached hydrogen (secondary N) is 2. The number of aromatic amines is 1. The molecule has 140 valence electrons. The van der Waals surface area contributed by atoms with Gasteiger partial charge in [-0.2, -0.15) is 5.10 Å². The maximum absolute atomic E-state index is 12.4. The Hall–Kier alpha value is -3.41. The molecule has 6 nitrogen and oxygen atoms in total. The minimum absolute atomic E-state index is 0.0979. The first-order chi connectivity index (χ1) is 13.7. The fourth-order valence-corrected chi connectivity index (χ4v) is 3.65. The molecule has 0 saturated heterocycles. The molecule has 1 aliphatic carbocycles. The number of rotatable bonds is 4. The second kappa shape index (κ2) is 6.64. The highest BCUT2D eigenvalue weighted by Gasteiger charge is 2.27. The molecular formula is C22H21N5O. The predicted molar refractivity (Wildman–Crippen MR) is 110 cm³/mol. The summed E-state index contributed by atoms with van der Waals surface area (Å²) in [6, 6.07) is 10.4. The van der Waals surface area contributed by atoms with Gasteiger partial charge in [0.1, 0.15) is 5.65 Å². The van der Waals surface area contributed by atoms with E-state index >= 15 is 0 Å². The van der Waals surface area contributed by atoms with Gasteiger partial charge in [0.2, 0.25) is 5.91 Å². The van der Waals surface area contributed by atoms with E-state index in [0.29, 0.717) is 0 Å². The number of pyridine rings is 1. The van der Waals surface area contributed by atoms with E-state index in [1.165, 1.54) is 4.68 Å². The van der Waals surface area contributed by atoms with Crippen molar-refractivity contribution in [1.29, 1.82) is 0 Å². The Bertz CT molecular complexity index is 1150. The lowest BCUT2D eigenvalue weighted by Gasteiger charge is -2.22. The lowest BCUT2D eigenvalue weighted by Crippen LogP contribution is -2.27. The molecule has 0 aliphatic heterocycles.